The fourth-order valence-electron chi connectivity index (χ4n) is 2.83. The number of hydrogen-bond acceptors (Lipinski definition) is 6. The van der Waals surface area contributed by atoms with E-state index < -0.39 is 11.5 Å². The van der Waals surface area contributed by atoms with Crippen LogP contribution in [0.15, 0.2) is 18.2 Å². The van der Waals surface area contributed by atoms with Gasteiger partial charge in [0.15, 0.2) is 5.75 Å². The molecule has 0 radical (unpaired) electrons. The molecule has 2 fully saturated rings. The van der Waals surface area contributed by atoms with E-state index in [1.54, 1.807) is 0 Å². The van der Waals surface area contributed by atoms with E-state index in [9.17, 15) is 18.9 Å². The summed E-state index contributed by atoms with van der Waals surface area (Å²) in [6.07, 6.45) is 0. The Morgan fingerprint density at radius 3 is 2.48 bits per heavy atom. The van der Waals surface area contributed by atoms with E-state index in [0.29, 0.717) is 24.8 Å². The van der Waals surface area contributed by atoms with E-state index >= 15 is 0 Å². The standard InChI is InChI=1S/C14H17F2N3O4/c15-14(16)23-13-7-10(19(20)21)1-2-12(13)18-5-3-17(4-6-18)11-8-22-9-11/h1-2,7,11,14H,3-6,8-9H2. The van der Waals surface area contributed by atoms with Gasteiger partial charge in [-0.2, -0.15) is 8.78 Å². The van der Waals surface area contributed by atoms with Crippen LogP contribution in [0.3, 0.4) is 0 Å². The minimum Gasteiger partial charge on any atom is -0.432 e. The average Bonchev–Trinajstić information content (AvgIpc) is 2.45. The van der Waals surface area contributed by atoms with Gasteiger partial charge < -0.3 is 14.4 Å². The molecule has 0 spiro atoms. The van der Waals surface area contributed by atoms with Crippen LogP contribution in [-0.2, 0) is 4.74 Å². The zero-order chi connectivity index (χ0) is 16.4. The van der Waals surface area contributed by atoms with Gasteiger partial charge in [-0.05, 0) is 6.07 Å². The molecule has 0 aromatic heterocycles. The summed E-state index contributed by atoms with van der Waals surface area (Å²) < 4.78 is 34.8. The minimum absolute atomic E-state index is 0.158. The van der Waals surface area contributed by atoms with Gasteiger partial charge in [-0.3, -0.25) is 15.0 Å². The topological polar surface area (TPSA) is 68.1 Å². The highest BCUT2D eigenvalue weighted by Gasteiger charge is 2.30. The van der Waals surface area contributed by atoms with Crippen molar-refractivity contribution in [1.29, 1.82) is 0 Å². The number of rotatable bonds is 5. The monoisotopic (exact) mass is 329 g/mol. The Morgan fingerprint density at radius 2 is 1.96 bits per heavy atom. The van der Waals surface area contributed by atoms with Crippen molar-refractivity contribution in [3.63, 3.8) is 0 Å². The maximum absolute atomic E-state index is 12.6. The molecule has 9 heteroatoms. The molecule has 0 N–H and O–H groups in total. The molecule has 0 atom stereocenters. The Balaban J connectivity index is 1.74. The van der Waals surface area contributed by atoms with Gasteiger partial charge in [-0.25, -0.2) is 0 Å². The number of piperazine rings is 1. The van der Waals surface area contributed by atoms with Crippen LogP contribution < -0.4 is 9.64 Å². The summed E-state index contributed by atoms with van der Waals surface area (Å²) >= 11 is 0. The number of non-ortho nitro benzene ring substituents is 1. The molecule has 0 amide bonds. The van der Waals surface area contributed by atoms with Crippen LogP contribution in [0.2, 0.25) is 0 Å². The van der Waals surface area contributed by atoms with E-state index in [0.717, 1.165) is 32.4 Å². The number of hydrogen-bond donors (Lipinski definition) is 0. The normalized spacial score (nSPS) is 19.7. The smallest absolute Gasteiger partial charge is 0.387 e. The molecular formula is C14H17F2N3O4. The van der Waals surface area contributed by atoms with Gasteiger partial charge in [0.2, 0.25) is 0 Å². The van der Waals surface area contributed by atoms with Gasteiger partial charge in [0.05, 0.1) is 35.9 Å². The number of nitro groups is 1. The second kappa shape index (κ2) is 6.63. The summed E-state index contributed by atoms with van der Waals surface area (Å²) in [6.45, 7) is 1.32. The lowest BCUT2D eigenvalue weighted by Gasteiger charge is -2.43. The highest BCUT2D eigenvalue weighted by molar-refractivity contribution is 5.62. The van der Waals surface area contributed by atoms with Crippen molar-refractivity contribution in [1.82, 2.24) is 4.90 Å². The maximum atomic E-state index is 12.6. The summed E-state index contributed by atoms with van der Waals surface area (Å²) in [5, 5.41) is 10.8. The Morgan fingerprint density at radius 1 is 1.26 bits per heavy atom. The molecule has 1 aromatic carbocycles. The molecule has 2 aliphatic heterocycles. The second-order valence-corrected chi connectivity index (χ2v) is 5.50. The molecule has 0 aliphatic carbocycles. The van der Waals surface area contributed by atoms with Gasteiger partial charge in [0.25, 0.3) is 5.69 Å². The molecule has 3 rings (SSSR count). The number of benzene rings is 1. The molecule has 126 valence electrons. The summed E-state index contributed by atoms with van der Waals surface area (Å²) in [7, 11) is 0. The molecular weight excluding hydrogens is 312 g/mol. The lowest BCUT2D eigenvalue weighted by molar-refractivity contribution is -0.385. The predicted molar refractivity (Wildman–Crippen MR) is 78.1 cm³/mol. The van der Waals surface area contributed by atoms with Crippen molar-refractivity contribution in [3.8, 4) is 5.75 Å². The van der Waals surface area contributed by atoms with Crippen molar-refractivity contribution >= 4 is 11.4 Å². The molecule has 2 aliphatic rings. The number of ether oxygens (including phenoxy) is 2. The highest BCUT2D eigenvalue weighted by Crippen LogP contribution is 2.34. The summed E-state index contributed by atoms with van der Waals surface area (Å²) in [5.41, 5.74) is 0.190. The van der Waals surface area contributed by atoms with Gasteiger partial charge in [0, 0.05) is 32.2 Å². The predicted octanol–water partition coefficient (Wildman–Crippen LogP) is 1.72. The SMILES string of the molecule is O=[N+]([O-])c1ccc(N2CCN(C3COC3)CC2)c(OC(F)F)c1. The first-order valence-electron chi connectivity index (χ1n) is 7.34. The first-order valence-corrected chi connectivity index (χ1v) is 7.34. The third-order valence-electron chi connectivity index (χ3n) is 4.16. The number of nitrogens with zero attached hydrogens (tertiary/aromatic N) is 3. The van der Waals surface area contributed by atoms with E-state index in [-0.39, 0.29) is 11.4 Å². The fourth-order valence-corrected chi connectivity index (χ4v) is 2.83. The molecule has 0 bridgehead atoms. The van der Waals surface area contributed by atoms with Gasteiger partial charge in [-0.15, -0.1) is 0 Å². The van der Waals surface area contributed by atoms with Crippen molar-refractivity contribution in [2.45, 2.75) is 12.7 Å². The molecule has 2 heterocycles. The third kappa shape index (κ3) is 3.50. The molecule has 0 saturated carbocycles. The summed E-state index contributed by atoms with van der Waals surface area (Å²) in [5.74, 6) is -0.158. The van der Waals surface area contributed by atoms with Crippen molar-refractivity contribution in [2.24, 2.45) is 0 Å². The molecule has 2 saturated heterocycles. The average molecular weight is 329 g/mol. The van der Waals surface area contributed by atoms with Gasteiger partial charge in [-0.1, -0.05) is 0 Å². The van der Waals surface area contributed by atoms with Crippen molar-refractivity contribution < 1.29 is 23.2 Å². The molecule has 1 aromatic rings. The van der Waals surface area contributed by atoms with E-state index in [4.69, 9.17) is 4.74 Å². The second-order valence-electron chi connectivity index (χ2n) is 5.50. The Kier molecular flexibility index (Phi) is 4.58. The number of anilines is 1. The van der Waals surface area contributed by atoms with Gasteiger partial charge >= 0.3 is 6.61 Å². The van der Waals surface area contributed by atoms with Crippen molar-refractivity contribution in [2.75, 3.05) is 44.3 Å². The van der Waals surface area contributed by atoms with Crippen LogP contribution in [0.4, 0.5) is 20.2 Å². The third-order valence-corrected chi connectivity index (χ3v) is 4.16. The number of nitro benzene ring substituents is 1. The van der Waals surface area contributed by atoms with Crippen LogP contribution in [0, 0.1) is 10.1 Å². The fraction of sp³-hybridized carbons (Fsp3) is 0.571. The van der Waals surface area contributed by atoms with E-state index in [2.05, 4.69) is 9.64 Å². The largest absolute Gasteiger partial charge is 0.432 e. The Hall–Kier alpha value is -2.00. The maximum Gasteiger partial charge on any atom is 0.387 e. The lowest BCUT2D eigenvalue weighted by atomic mass is 10.1. The number of alkyl halides is 2. The van der Waals surface area contributed by atoms with Crippen molar-refractivity contribution in [3.05, 3.63) is 28.3 Å². The first kappa shape index (κ1) is 15.9. The van der Waals surface area contributed by atoms with Crippen LogP contribution in [-0.4, -0.2) is 61.9 Å². The zero-order valence-corrected chi connectivity index (χ0v) is 12.4. The Bertz CT molecular complexity index is 575. The molecule has 23 heavy (non-hydrogen) atoms. The quantitative estimate of drug-likeness (QED) is 0.605. The van der Waals surface area contributed by atoms with Crippen LogP contribution in [0.25, 0.3) is 0 Å². The lowest BCUT2D eigenvalue weighted by Crippen LogP contribution is -2.56. The summed E-state index contributed by atoms with van der Waals surface area (Å²) in [4.78, 5) is 14.4. The van der Waals surface area contributed by atoms with Crippen LogP contribution in [0.1, 0.15) is 0 Å². The zero-order valence-electron chi connectivity index (χ0n) is 12.4. The molecule has 7 nitrogen and oxygen atoms in total. The minimum atomic E-state index is -3.02. The first-order chi connectivity index (χ1) is 11.0. The van der Waals surface area contributed by atoms with Gasteiger partial charge in [0.1, 0.15) is 0 Å². The summed E-state index contributed by atoms with van der Waals surface area (Å²) in [6, 6.07) is 4.26. The Labute approximate surface area is 131 Å². The van der Waals surface area contributed by atoms with E-state index in [1.165, 1.54) is 12.1 Å². The highest BCUT2D eigenvalue weighted by atomic mass is 19.3. The molecule has 0 unspecified atom stereocenters. The van der Waals surface area contributed by atoms with E-state index in [1.807, 2.05) is 4.90 Å². The number of halogens is 2. The van der Waals surface area contributed by atoms with Crippen LogP contribution in [0.5, 0.6) is 5.75 Å². The van der Waals surface area contributed by atoms with Crippen LogP contribution >= 0.6 is 0 Å².